The van der Waals surface area contributed by atoms with Crippen LogP contribution in [-0.2, 0) is 0 Å². The molecule has 0 saturated heterocycles. The number of amides is 1. The Balaban J connectivity index is 0.000000810. The molecule has 1 amide bonds. The van der Waals surface area contributed by atoms with Gasteiger partial charge < -0.3 is 11.5 Å². The Labute approximate surface area is 67.2 Å². The van der Waals surface area contributed by atoms with Crippen LogP contribution in [0, 0.1) is 0 Å². The smallest absolute Gasteiger partial charge is 0.272 e. The fraction of sp³-hybridized carbons (Fsp3) is 0. The molecule has 1 rings (SSSR count). The first-order valence-electron chi connectivity index (χ1n) is 2.09. The number of carbonyl (C=O) groups is 1. The highest BCUT2D eigenvalue weighted by molar-refractivity contribution is 6.99. The summed E-state index contributed by atoms with van der Waals surface area (Å²) in [6.45, 7) is 0. The number of carbonyl (C=O) groups excluding carboxylic acids is 1. The van der Waals surface area contributed by atoms with E-state index in [1.165, 1.54) is 0 Å². The summed E-state index contributed by atoms with van der Waals surface area (Å²) >= 11 is 0.869. The first-order valence-corrected chi connectivity index (χ1v) is 2.82. The molecule has 4 N–H and O–H groups in total. The zero-order valence-corrected chi connectivity index (χ0v) is 6.41. The summed E-state index contributed by atoms with van der Waals surface area (Å²) in [5.41, 5.74) is 10.1. The van der Waals surface area contributed by atoms with Crippen LogP contribution >= 0.6 is 24.1 Å². The molecule has 56 valence electrons. The molecule has 0 aliphatic carbocycles. The SMILES string of the molecule is Cl.NC(=O)c1nsnc1N. The minimum absolute atomic E-state index is 0. The van der Waals surface area contributed by atoms with Crippen molar-refractivity contribution in [2.24, 2.45) is 5.73 Å². The van der Waals surface area contributed by atoms with Crippen LogP contribution in [0.1, 0.15) is 10.5 Å². The quantitative estimate of drug-likeness (QED) is 0.617. The third-order valence-corrected chi connectivity index (χ3v) is 1.29. The largest absolute Gasteiger partial charge is 0.381 e. The highest BCUT2D eigenvalue weighted by atomic mass is 35.5. The van der Waals surface area contributed by atoms with E-state index in [4.69, 9.17) is 11.5 Å². The van der Waals surface area contributed by atoms with Crippen molar-refractivity contribution in [2.45, 2.75) is 0 Å². The molecule has 0 fully saturated rings. The second-order valence-electron chi connectivity index (χ2n) is 1.36. The number of nitrogen functional groups attached to an aromatic ring is 1. The van der Waals surface area contributed by atoms with Gasteiger partial charge >= 0.3 is 0 Å². The molecule has 0 atom stereocenters. The number of aromatic nitrogens is 2. The van der Waals surface area contributed by atoms with E-state index < -0.39 is 5.91 Å². The van der Waals surface area contributed by atoms with E-state index in [2.05, 4.69) is 8.75 Å². The molecule has 1 heterocycles. The fourth-order valence-electron chi connectivity index (χ4n) is 0.366. The summed E-state index contributed by atoms with van der Waals surface area (Å²) < 4.78 is 7.09. The summed E-state index contributed by atoms with van der Waals surface area (Å²) in [6, 6.07) is 0. The molecule has 0 saturated carbocycles. The number of anilines is 1. The zero-order valence-electron chi connectivity index (χ0n) is 4.77. The predicted octanol–water partition coefficient (Wildman–Crippen LogP) is -0.359. The number of rotatable bonds is 1. The Morgan fingerprint density at radius 2 is 2.10 bits per heavy atom. The lowest BCUT2D eigenvalue weighted by Crippen LogP contribution is -2.13. The second kappa shape index (κ2) is 3.33. The van der Waals surface area contributed by atoms with Crippen molar-refractivity contribution in [1.82, 2.24) is 8.75 Å². The fourth-order valence-corrected chi connectivity index (χ4v) is 0.847. The third kappa shape index (κ3) is 1.55. The standard InChI is InChI=1S/C3H4N4OS.ClH/c4-2-1(3(5)8)6-9-7-2;/h(H2,4,7)(H2,5,8);1H. The van der Waals surface area contributed by atoms with E-state index in [1.807, 2.05) is 0 Å². The summed E-state index contributed by atoms with van der Waals surface area (Å²) in [5.74, 6) is -0.534. The summed E-state index contributed by atoms with van der Waals surface area (Å²) in [7, 11) is 0. The average molecular weight is 181 g/mol. The lowest BCUT2D eigenvalue weighted by Gasteiger charge is -1.84. The molecule has 5 nitrogen and oxygen atoms in total. The van der Waals surface area contributed by atoms with Crippen molar-refractivity contribution in [3.63, 3.8) is 0 Å². The van der Waals surface area contributed by atoms with Crippen molar-refractivity contribution in [3.8, 4) is 0 Å². The first kappa shape index (κ1) is 9.12. The van der Waals surface area contributed by atoms with Gasteiger partial charge in [0, 0.05) is 0 Å². The molecule has 1 aromatic heterocycles. The van der Waals surface area contributed by atoms with Gasteiger partial charge in [-0.25, -0.2) is 0 Å². The third-order valence-electron chi connectivity index (χ3n) is 0.747. The summed E-state index contributed by atoms with van der Waals surface area (Å²) in [6.07, 6.45) is 0. The Hall–Kier alpha value is -0.880. The van der Waals surface area contributed by atoms with Crippen LogP contribution in [0.15, 0.2) is 0 Å². The van der Waals surface area contributed by atoms with Crippen LogP contribution in [-0.4, -0.2) is 14.7 Å². The molecule has 0 unspecified atom stereocenters. The number of hydrogen-bond acceptors (Lipinski definition) is 5. The monoisotopic (exact) mass is 180 g/mol. The molecule has 0 radical (unpaired) electrons. The van der Waals surface area contributed by atoms with Crippen molar-refractivity contribution in [1.29, 1.82) is 0 Å². The summed E-state index contributed by atoms with van der Waals surface area (Å²) in [4.78, 5) is 10.3. The lowest BCUT2D eigenvalue weighted by atomic mass is 10.4. The van der Waals surface area contributed by atoms with Gasteiger partial charge in [-0.3, -0.25) is 4.79 Å². The second-order valence-corrected chi connectivity index (χ2v) is 1.89. The van der Waals surface area contributed by atoms with Gasteiger partial charge in [-0.1, -0.05) is 0 Å². The molecule has 0 aliphatic heterocycles. The van der Waals surface area contributed by atoms with Crippen LogP contribution in [0.25, 0.3) is 0 Å². The molecular weight excluding hydrogens is 176 g/mol. The van der Waals surface area contributed by atoms with Crippen LogP contribution in [0.2, 0.25) is 0 Å². The van der Waals surface area contributed by atoms with Gasteiger partial charge in [0.25, 0.3) is 5.91 Å². The topological polar surface area (TPSA) is 94.9 Å². The van der Waals surface area contributed by atoms with Crippen LogP contribution in [0.5, 0.6) is 0 Å². The van der Waals surface area contributed by atoms with Gasteiger partial charge in [-0.15, -0.1) is 12.4 Å². The molecule has 0 aliphatic rings. The van der Waals surface area contributed by atoms with Crippen LogP contribution < -0.4 is 11.5 Å². The minimum Gasteiger partial charge on any atom is -0.381 e. The lowest BCUT2D eigenvalue weighted by molar-refractivity contribution is 0.0997. The van der Waals surface area contributed by atoms with Crippen LogP contribution in [0.3, 0.4) is 0 Å². The van der Waals surface area contributed by atoms with E-state index in [0.717, 1.165) is 11.7 Å². The number of primary amides is 1. The molecule has 0 aromatic carbocycles. The van der Waals surface area contributed by atoms with Gasteiger partial charge in [-0.2, -0.15) is 8.75 Å². The van der Waals surface area contributed by atoms with Gasteiger partial charge in [0.1, 0.15) is 0 Å². The van der Waals surface area contributed by atoms with E-state index in [9.17, 15) is 4.79 Å². The maximum absolute atomic E-state index is 10.3. The van der Waals surface area contributed by atoms with Crippen molar-refractivity contribution >= 4 is 35.9 Å². The molecule has 7 heteroatoms. The average Bonchev–Trinajstić information content (AvgIpc) is 2.13. The predicted molar refractivity (Wildman–Crippen MR) is 40.1 cm³/mol. The van der Waals surface area contributed by atoms with Gasteiger partial charge in [0.15, 0.2) is 11.5 Å². The van der Waals surface area contributed by atoms with E-state index >= 15 is 0 Å². The first-order chi connectivity index (χ1) is 4.22. The number of nitrogens with two attached hydrogens (primary N) is 2. The van der Waals surface area contributed by atoms with Gasteiger partial charge in [-0.05, 0) is 0 Å². The molecular formula is C3H5ClN4OS. The zero-order chi connectivity index (χ0) is 6.85. The molecule has 1 aromatic rings. The Kier molecular flexibility index (Phi) is 3.04. The highest BCUT2D eigenvalue weighted by Gasteiger charge is 2.08. The maximum atomic E-state index is 10.3. The number of halogens is 1. The van der Waals surface area contributed by atoms with E-state index in [0.29, 0.717) is 0 Å². The van der Waals surface area contributed by atoms with E-state index in [-0.39, 0.29) is 23.9 Å². The van der Waals surface area contributed by atoms with Gasteiger partial charge in [0.2, 0.25) is 0 Å². The van der Waals surface area contributed by atoms with Crippen LogP contribution in [0.4, 0.5) is 5.82 Å². The van der Waals surface area contributed by atoms with Crippen molar-refractivity contribution in [3.05, 3.63) is 5.69 Å². The van der Waals surface area contributed by atoms with Crippen molar-refractivity contribution in [2.75, 3.05) is 5.73 Å². The summed E-state index contributed by atoms with van der Waals surface area (Å²) in [5, 5.41) is 0. The molecule has 0 bridgehead atoms. The normalized spacial score (nSPS) is 8.40. The highest BCUT2D eigenvalue weighted by Crippen LogP contribution is 2.04. The Bertz CT molecular complexity index is 236. The Morgan fingerprint density at radius 3 is 2.30 bits per heavy atom. The van der Waals surface area contributed by atoms with E-state index in [1.54, 1.807) is 0 Å². The molecule has 0 spiro atoms. The van der Waals surface area contributed by atoms with Gasteiger partial charge in [0.05, 0.1) is 11.7 Å². The van der Waals surface area contributed by atoms with Crippen molar-refractivity contribution < 1.29 is 4.79 Å². The Morgan fingerprint density at radius 1 is 1.50 bits per heavy atom. The minimum atomic E-state index is -0.638. The number of hydrogen-bond donors (Lipinski definition) is 2. The molecule has 10 heavy (non-hydrogen) atoms. The maximum Gasteiger partial charge on any atom is 0.272 e. The number of nitrogens with zero attached hydrogens (tertiary/aromatic N) is 2.